The van der Waals surface area contributed by atoms with Crippen LogP contribution < -0.4 is 10.2 Å². The molecule has 1 aliphatic rings. The quantitative estimate of drug-likeness (QED) is 0.422. The van der Waals surface area contributed by atoms with Crippen LogP contribution in [0.25, 0.3) is 11.3 Å². The summed E-state index contributed by atoms with van der Waals surface area (Å²) in [5.41, 5.74) is 1.06. The Bertz CT molecular complexity index is 1300. The van der Waals surface area contributed by atoms with E-state index in [0.717, 1.165) is 17.7 Å². The highest BCUT2D eigenvalue weighted by atomic mass is 32.1. The minimum absolute atomic E-state index is 0.144. The summed E-state index contributed by atoms with van der Waals surface area (Å²) >= 11 is 4.46. The Balaban J connectivity index is 1.76. The lowest BCUT2D eigenvalue weighted by molar-refractivity contribution is -0.137. The van der Waals surface area contributed by atoms with E-state index in [1.165, 1.54) is 12.1 Å². The predicted molar refractivity (Wildman–Crippen MR) is 125 cm³/mol. The van der Waals surface area contributed by atoms with E-state index in [1.807, 2.05) is 30.3 Å². The van der Waals surface area contributed by atoms with E-state index in [4.69, 9.17) is 4.42 Å². The summed E-state index contributed by atoms with van der Waals surface area (Å²) in [5.74, 6) is 0.176. The van der Waals surface area contributed by atoms with Crippen LogP contribution in [-0.4, -0.2) is 5.91 Å². The Kier molecular flexibility index (Phi) is 6.19. The zero-order valence-electron chi connectivity index (χ0n) is 18.2. The van der Waals surface area contributed by atoms with Gasteiger partial charge in [-0.3, -0.25) is 4.79 Å². The number of alkyl halides is 3. The largest absolute Gasteiger partial charge is 0.457 e. The van der Waals surface area contributed by atoms with E-state index in [9.17, 15) is 23.2 Å². The van der Waals surface area contributed by atoms with Crippen LogP contribution in [0.1, 0.15) is 42.8 Å². The number of furan rings is 1. The van der Waals surface area contributed by atoms with E-state index in [-0.39, 0.29) is 27.7 Å². The molecule has 0 saturated carbocycles. The number of hydrogen-bond donors (Lipinski definition) is 2. The van der Waals surface area contributed by atoms with Crippen molar-refractivity contribution in [2.75, 3.05) is 4.90 Å². The van der Waals surface area contributed by atoms with E-state index >= 15 is 0 Å². The van der Waals surface area contributed by atoms with Crippen LogP contribution in [-0.2, 0) is 11.0 Å². The van der Waals surface area contributed by atoms with Crippen molar-refractivity contribution in [2.24, 2.45) is 0 Å². The molecular weight excluding hydrogens is 463 g/mol. The van der Waals surface area contributed by atoms with Crippen LogP contribution in [0.3, 0.4) is 0 Å². The maximum atomic E-state index is 13.1. The van der Waals surface area contributed by atoms with Crippen LogP contribution in [0, 0.1) is 11.3 Å². The molecule has 34 heavy (non-hydrogen) atoms. The molecule has 1 atom stereocenters. The summed E-state index contributed by atoms with van der Waals surface area (Å²) in [7, 11) is 0. The van der Waals surface area contributed by atoms with Gasteiger partial charge in [0.05, 0.1) is 10.6 Å². The van der Waals surface area contributed by atoms with E-state index in [0.29, 0.717) is 11.6 Å². The molecule has 4 rings (SSSR count). The summed E-state index contributed by atoms with van der Waals surface area (Å²) in [6.07, 6.45) is -5.34. The number of hydrogen-bond acceptors (Lipinski definition) is 5. The SMILES string of the molecule is CC(C)c1ccc(N2C(S)=C(C#N)C(=O)NC2c2ccc(-c3cccc(C(F)(F)F)c3)o2)cc1. The fourth-order valence-corrected chi connectivity index (χ4v) is 4.08. The highest BCUT2D eigenvalue weighted by Crippen LogP contribution is 2.38. The zero-order chi connectivity index (χ0) is 24.6. The molecule has 0 aliphatic carbocycles. The third kappa shape index (κ3) is 4.41. The lowest BCUT2D eigenvalue weighted by atomic mass is 10.0. The van der Waals surface area contributed by atoms with Gasteiger partial charge >= 0.3 is 6.18 Å². The Morgan fingerprint density at radius 2 is 1.82 bits per heavy atom. The number of rotatable bonds is 4. The molecule has 5 nitrogen and oxygen atoms in total. The van der Waals surface area contributed by atoms with Crippen LogP contribution in [0.4, 0.5) is 18.9 Å². The molecule has 174 valence electrons. The number of benzene rings is 2. The Morgan fingerprint density at radius 3 is 2.44 bits per heavy atom. The third-order valence-corrected chi connectivity index (χ3v) is 5.96. The van der Waals surface area contributed by atoms with Gasteiger partial charge in [-0.2, -0.15) is 18.4 Å². The average Bonchev–Trinajstić information content (AvgIpc) is 3.29. The monoisotopic (exact) mass is 483 g/mol. The number of anilines is 1. The molecule has 0 fully saturated rings. The second-order valence-corrected chi connectivity index (χ2v) is 8.51. The number of thiol groups is 1. The minimum atomic E-state index is -4.48. The standard InChI is InChI=1S/C25H20F3N3O2S/c1-14(2)15-6-8-18(9-7-15)31-22(30-23(32)19(13-29)24(31)34)21-11-10-20(33-21)16-4-3-5-17(12-16)25(26,27)28/h3-12,14,22,34H,1-2H3,(H,30,32). The number of amides is 1. The number of carbonyl (C=O) groups excluding carboxylic acids is 1. The molecule has 3 aromatic rings. The van der Waals surface area contributed by atoms with Crippen LogP contribution in [0.2, 0.25) is 0 Å². The summed E-state index contributed by atoms with van der Waals surface area (Å²) < 4.78 is 45.3. The first kappa shape index (κ1) is 23.5. The predicted octanol–water partition coefficient (Wildman–Crippen LogP) is 6.39. The molecule has 0 bridgehead atoms. The summed E-state index contributed by atoms with van der Waals surface area (Å²) in [4.78, 5) is 14.2. The summed E-state index contributed by atoms with van der Waals surface area (Å²) in [6, 6.07) is 17.4. The zero-order valence-corrected chi connectivity index (χ0v) is 19.1. The van der Waals surface area contributed by atoms with Gasteiger partial charge in [-0.25, -0.2) is 0 Å². The molecule has 1 aliphatic heterocycles. The van der Waals surface area contributed by atoms with Crippen molar-refractivity contribution in [3.63, 3.8) is 0 Å². The van der Waals surface area contributed by atoms with Gasteiger partial charge in [0, 0.05) is 11.3 Å². The van der Waals surface area contributed by atoms with Gasteiger partial charge in [0.2, 0.25) is 0 Å². The topological polar surface area (TPSA) is 69.3 Å². The molecule has 0 spiro atoms. The van der Waals surface area contributed by atoms with Crippen LogP contribution in [0.5, 0.6) is 0 Å². The van der Waals surface area contributed by atoms with Crippen molar-refractivity contribution in [2.45, 2.75) is 32.1 Å². The Hall–Kier alpha value is -3.64. The second-order valence-electron chi connectivity index (χ2n) is 8.08. The summed E-state index contributed by atoms with van der Waals surface area (Å²) in [5, 5.41) is 12.3. The molecule has 1 amide bonds. The molecule has 1 N–H and O–H groups in total. The van der Waals surface area contributed by atoms with E-state index in [1.54, 1.807) is 17.0 Å². The smallest absolute Gasteiger partial charge is 0.416 e. The first-order chi connectivity index (χ1) is 16.1. The van der Waals surface area contributed by atoms with Crippen molar-refractivity contribution in [1.29, 1.82) is 5.26 Å². The molecular formula is C25H20F3N3O2S. The summed E-state index contributed by atoms with van der Waals surface area (Å²) in [6.45, 7) is 4.13. The van der Waals surface area contributed by atoms with Gasteiger partial charge in [-0.1, -0.05) is 38.1 Å². The van der Waals surface area contributed by atoms with Crippen molar-refractivity contribution in [3.8, 4) is 17.4 Å². The minimum Gasteiger partial charge on any atom is -0.457 e. The molecule has 1 unspecified atom stereocenters. The molecule has 0 saturated heterocycles. The normalized spacial score (nSPS) is 16.6. The van der Waals surface area contributed by atoms with Crippen molar-refractivity contribution in [3.05, 3.63) is 88.2 Å². The van der Waals surface area contributed by atoms with Gasteiger partial charge in [0.15, 0.2) is 6.17 Å². The van der Waals surface area contributed by atoms with Crippen LogP contribution >= 0.6 is 12.6 Å². The van der Waals surface area contributed by atoms with Gasteiger partial charge in [0.25, 0.3) is 5.91 Å². The second kappa shape index (κ2) is 8.95. The fraction of sp³-hybridized carbons (Fsp3) is 0.200. The number of nitriles is 1. The van der Waals surface area contributed by atoms with Gasteiger partial charge in [-0.05, 0) is 47.9 Å². The highest BCUT2D eigenvalue weighted by molar-refractivity contribution is 7.84. The van der Waals surface area contributed by atoms with Gasteiger partial charge in [0.1, 0.15) is 23.2 Å². The lowest BCUT2D eigenvalue weighted by Gasteiger charge is -2.36. The maximum Gasteiger partial charge on any atom is 0.416 e. The molecule has 2 heterocycles. The number of nitrogens with one attached hydrogen (secondary N) is 1. The van der Waals surface area contributed by atoms with E-state index < -0.39 is 23.8 Å². The van der Waals surface area contributed by atoms with Crippen LogP contribution in [0.15, 0.2) is 75.7 Å². The van der Waals surface area contributed by atoms with Crippen molar-refractivity contribution in [1.82, 2.24) is 5.32 Å². The van der Waals surface area contributed by atoms with Gasteiger partial charge < -0.3 is 14.6 Å². The Labute approximate surface area is 199 Å². The first-order valence-corrected chi connectivity index (χ1v) is 10.9. The maximum absolute atomic E-state index is 13.1. The van der Waals surface area contributed by atoms with Crippen molar-refractivity contribution >= 4 is 24.2 Å². The number of carbonyl (C=O) groups is 1. The number of halogens is 3. The lowest BCUT2D eigenvalue weighted by Crippen LogP contribution is -2.45. The molecule has 2 aromatic carbocycles. The highest BCUT2D eigenvalue weighted by Gasteiger charge is 2.36. The fourth-order valence-electron chi connectivity index (χ4n) is 3.70. The Morgan fingerprint density at radius 1 is 1.12 bits per heavy atom. The molecule has 0 radical (unpaired) electrons. The van der Waals surface area contributed by atoms with E-state index in [2.05, 4.69) is 31.8 Å². The molecule has 1 aromatic heterocycles. The first-order valence-electron chi connectivity index (χ1n) is 10.4. The van der Waals surface area contributed by atoms with Crippen molar-refractivity contribution < 1.29 is 22.4 Å². The molecule has 9 heteroatoms. The average molecular weight is 484 g/mol. The third-order valence-electron chi connectivity index (χ3n) is 5.53. The number of nitrogens with zero attached hydrogens (tertiary/aromatic N) is 2. The van der Waals surface area contributed by atoms with Gasteiger partial charge in [-0.15, -0.1) is 12.6 Å².